The van der Waals surface area contributed by atoms with Gasteiger partial charge in [-0.1, -0.05) is 30.3 Å². The van der Waals surface area contributed by atoms with Crippen LogP contribution in [0.15, 0.2) is 48.5 Å². The quantitative estimate of drug-likeness (QED) is 0.595. The van der Waals surface area contributed by atoms with Crippen LogP contribution in [0.3, 0.4) is 0 Å². The minimum Gasteiger partial charge on any atom is -0.508 e. The van der Waals surface area contributed by atoms with Crippen molar-refractivity contribution in [3.05, 3.63) is 65.4 Å². The van der Waals surface area contributed by atoms with Crippen LogP contribution in [0.5, 0.6) is 5.75 Å². The molecule has 3 N–H and O–H groups in total. The number of fused-ring (bicyclic) bond motifs is 1. The second kappa shape index (κ2) is 8.70. The van der Waals surface area contributed by atoms with E-state index in [4.69, 9.17) is 0 Å². The number of nitrogens with zero attached hydrogens (tertiary/aromatic N) is 1. The van der Waals surface area contributed by atoms with E-state index in [2.05, 4.69) is 45.5 Å². The van der Waals surface area contributed by atoms with Crippen LogP contribution < -0.4 is 5.32 Å². The van der Waals surface area contributed by atoms with Gasteiger partial charge in [0, 0.05) is 35.7 Å². The number of likely N-dealkylation sites (tertiary alicyclic amines) is 1. The van der Waals surface area contributed by atoms with Crippen molar-refractivity contribution in [1.29, 1.82) is 0 Å². The number of aromatic amines is 1. The van der Waals surface area contributed by atoms with Crippen molar-refractivity contribution >= 4 is 16.8 Å². The number of nitrogens with one attached hydrogen (secondary N) is 2. The Bertz CT molecular complexity index is 972. The monoisotopic (exact) mass is 391 g/mol. The predicted octanol–water partition coefficient (Wildman–Crippen LogP) is 4.01. The molecule has 2 heterocycles. The Morgan fingerprint density at radius 3 is 2.69 bits per heavy atom. The fourth-order valence-electron chi connectivity index (χ4n) is 4.32. The number of aromatic nitrogens is 1. The number of phenols is 1. The SMILES string of the molecule is Cc1[nH]c2ccc(O)cc2c1C(=O)NC1CCN(CCCc2ccccc2)CC1. The van der Waals surface area contributed by atoms with E-state index in [0.717, 1.165) is 55.5 Å². The highest BCUT2D eigenvalue weighted by molar-refractivity contribution is 6.08. The van der Waals surface area contributed by atoms with Crippen LogP contribution in [0.1, 0.15) is 40.9 Å². The van der Waals surface area contributed by atoms with Gasteiger partial charge in [-0.25, -0.2) is 0 Å². The maximum atomic E-state index is 12.9. The summed E-state index contributed by atoms with van der Waals surface area (Å²) < 4.78 is 0. The first-order chi connectivity index (χ1) is 14.1. The summed E-state index contributed by atoms with van der Waals surface area (Å²) in [6, 6.07) is 15.9. The molecule has 152 valence electrons. The summed E-state index contributed by atoms with van der Waals surface area (Å²) in [5, 5.41) is 13.8. The lowest BCUT2D eigenvalue weighted by Gasteiger charge is -2.32. The number of H-pyrrole nitrogens is 1. The third-order valence-corrected chi connectivity index (χ3v) is 5.90. The lowest BCUT2D eigenvalue weighted by atomic mass is 10.0. The normalized spacial score (nSPS) is 15.6. The molecule has 0 atom stereocenters. The second-order valence-corrected chi connectivity index (χ2v) is 8.03. The minimum atomic E-state index is -0.0538. The predicted molar refractivity (Wildman–Crippen MR) is 116 cm³/mol. The zero-order chi connectivity index (χ0) is 20.2. The Kier molecular flexibility index (Phi) is 5.86. The molecule has 2 aromatic carbocycles. The summed E-state index contributed by atoms with van der Waals surface area (Å²) in [6.45, 7) is 5.05. The van der Waals surface area contributed by atoms with Crippen molar-refractivity contribution in [1.82, 2.24) is 15.2 Å². The highest BCUT2D eigenvalue weighted by atomic mass is 16.3. The smallest absolute Gasteiger partial charge is 0.253 e. The van der Waals surface area contributed by atoms with Gasteiger partial charge >= 0.3 is 0 Å². The van der Waals surface area contributed by atoms with Gasteiger partial charge in [-0.15, -0.1) is 0 Å². The lowest BCUT2D eigenvalue weighted by Crippen LogP contribution is -2.45. The third-order valence-electron chi connectivity index (χ3n) is 5.90. The van der Waals surface area contributed by atoms with Gasteiger partial charge in [0.25, 0.3) is 5.91 Å². The molecular formula is C24H29N3O2. The van der Waals surface area contributed by atoms with Crippen molar-refractivity contribution in [3.63, 3.8) is 0 Å². The summed E-state index contributed by atoms with van der Waals surface area (Å²) >= 11 is 0. The molecule has 0 spiro atoms. The van der Waals surface area contributed by atoms with E-state index in [1.807, 2.05) is 13.0 Å². The number of aromatic hydroxyl groups is 1. The van der Waals surface area contributed by atoms with Gasteiger partial charge in [0.2, 0.25) is 0 Å². The third kappa shape index (κ3) is 4.62. The molecule has 0 aliphatic carbocycles. The summed E-state index contributed by atoms with van der Waals surface area (Å²) in [6.07, 6.45) is 4.23. The maximum Gasteiger partial charge on any atom is 0.253 e. The van der Waals surface area contributed by atoms with Gasteiger partial charge in [0.05, 0.1) is 5.56 Å². The molecular weight excluding hydrogens is 362 g/mol. The first kappa shape index (κ1) is 19.5. The second-order valence-electron chi connectivity index (χ2n) is 8.03. The molecule has 0 saturated carbocycles. The van der Waals surface area contributed by atoms with Gasteiger partial charge < -0.3 is 20.3 Å². The first-order valence-corrected chi connectivity index (χ1v) is 10.5. The average molecular weight is 392 g/mol. The minimum absolute atomic E-state index is 0.0538. The molecule has 4 rings (SSSR count). The van der Waals surface area contributed by atoms with Crippen molar-refractivity contribution in [3.8, 4) is 5.75 Å². The summed E-state index contributed by atoms with van der Waals surface area (Å²) in [5.74, 6) is 0.122. The first-order valence-electron chi connectivity index (χ1n) is 10.5. The maximum absolute atomic E-state index is 12.9. The fraction of sp³-hybridized carbons (Fsp3) is 0.375. The molecule has 29 heavy (non-hydrogen) atoms. The van der Waals surface area contributed by atoms with Crippen molar-refractivity contribution in [2.24, 2.45) is 0 Å². The molecule has 0 bridgehead atoms. The molecule has 0 radical (unpaired) electrons. The molecule has 5 heteroatoms. The van der Waals surface area contributed by atoms with Crippen LogP contribution in [-0.2, 0) is 6.42 Å². The number of hydrogen-bond donors (Lipinski definition) is 3. The largest absolute Gasteiger partial charge is 0.508 e. The van der Waals surface area contributed by atoms with E-state index in [0.29, 0.717) is 5.56 Å². The highest BCUT2D eigenvalue weighted by Gasteiger charge is 2.23. The Morgan fingerprint density at radius 2 is 1.93 bits per heavy atom. The number of rotatable bonds is 6. The Hall–Kier alpha value is -2.79. The Balaban J connectivity index is 1.28. The van der Waals surface area contributed by atoms with E-state index in [1.54, 1.807) is 12.1 Å². The molecule has 1 aromatic heterocycles. The number of aryl methyl sites for hydroxylation is 2. The van der Waals surface area contributed by atoms with Crippen LogP contribution in [-0.4, -0.2) is 46.6 Å². The van der Waals surface area contributed by atoms with E-state index in [1.165, 1.54) is 12.0 Å². The molecule has 5 nitrogen and oxygen atoms in total. The molecule has 1 aliphatic heterocycles. The standard InChI is InChI=1S/C24H29N3O2/c1-17-23(21-16-20(28)9-10-22(21)25-17)24(29)26-19-11-14-27(15-12-19)13-5-8-18-6-3-2-4-7-18/h2-4,6-7,9-10,16,19,25,28H,5,8,11-15H2,1H3,(H,26,29). The highest BCUT2D eigenvalue weighted by Crippen LogP contribution is 2.26. The Labute approximate surface area is 171 Å². The van der Waals surface area contributed by atoms with E-state index < -0.39 is 0 Å². The molecule has 1 aliphatic rings. The van der Waals surface area contributed by atoms with Gasteiger partial charge in [-0.3, -0.25) is 4.79 Å². The van der Waals surface area contributed by atoms with Crippen molar-refractivity contribution < 1.29 is 9.90 Å². The fourth-order valence-corrected chi connectivity index (χ4v) is 4.32. The van der Waals surface area contributed by atoms with Gasteiger partial charge in [0.1, 0.15) is 5.75 Å². The zero-order valence-corrected chi connectivity index (χ0v) is 16.9. The number of phenolic OH excluding ortho intramolecular Hbond substituents is 1. The van der Waals surface area contributed by atoms with Crippen molar-refractivity contribution in [2.75, 3.05) is 19.6 Å². The van der Waals surface area contributed by atoms with E-state index in [9.17, 15) is 9.90 Å². The van der Waals surface area contributed by atoms with Crippen molar-refractivity contribution in [2.45, 2.75) is 38.6 Å². The van der Waals surface area contributed by atoms with Crippen LogP contribution >= 0.6 is 0 Å². The number of carbonyl (C=O) groups is 1. The molecule has 0 unspecified atom stereocenters. The van der Waals surface area contributed by atoms with Crippen LogP contribution in [0, 0.1) is 6.92 Å². The molecule has 1 saturated heterocycles. The lowest BCUT2D eigenvalue weighted by molar-refractivity contribution is 0.0912. The molecule has 1 fully saturated rings. The zero-order valence-electron chi connectivity index (χ0n) is 16.9. The van der Waals surface area contributed by atoms with E-state index in [-0.39, 0.29) is 17.7 Å². The summed E-state index contributed by atoms with van der Waals surface area (Å²) in [7, 11) is 0. The molecule has 1 amide bonds. The number of benzene rings is 2. The number of amides is 1. The topological polar surface area (TPSA) is 68.4 Å². The van der Waals surface area contributed by atoms with Crippen LogP contribution in [0.25, 0.3) is 10.9 Å². The summed E-state index contributed by atoms with van der Waals surface area (Å²) in [4.78, 5) is 18.6. The van der Waals surface area contributed by atoms with Crippen LogP contribution in [0.4, 0.5) is 0 Å². The van der Waals surface area contributed by atoms with E-state index >= 15 is 0 Å². The van der Waals surface area contributed by atoms with Crippen LogP contribution in [0.2, 0.25) is 0 Å². The molecule has 3 aromatic rings. The van der Waals surface area contributed by atoms with Gasteiger partial charge in [-0.05, 0) is 62.9 Å². The number of piperidine rings is 1. The van der Waals surface area contributed by atoms with Gasteiger partial charge in [-0.2, -0.15) is 0 Å². The average Bonchev–Trinajstić information content (AvgIpc) is 3.05. The summed E-state index contributed by atoms with van der Waals surface area (Å²) in [5.41, 5.74) is 3.75. The van der Waals surface area contributed by atoms with Gasteiger partial charge in [0.15, 0.2) is 0 Å². The number of hydrogen-bond acceptors (Lipinski definition) is 3. The number of carbonyl (C=O) groups excluding carboxylic acids is 1. The Morgan fingerprint density at radius 1 is 1.17 bits per heavy atom.